The molecule has 0 fully saturated rings. The van der Waals surface area contributed by atoms with Crippen molar-refractivity contribution in [2.24, 2.45) is 5.10 Å². The summed E-state index contributed by atoms with van der Waals surface area (Å²) in [7, 11) is 1.89. The number of amides is 1. The first-order valence-electron chi connectivity index (χ1n) is 9.36. The molecule has 0 aromatic rings. The van der Waals surface area contributed by atoms with Crippen LogP contribution in [0.25, 0.3) is 0 Å². The van der Waals surface area contributed by atoms with E-state index in [1.165, 1.54) is 0 Å². The third-order valence-corrected chi connectivity index (χ3v) is 4.61. The van der Waals surface area contributed by atoms with Crippen LogP contribution in [0.3, 0.4) is 0 Å². The molecule has 0 saturated heterocycles. The Morgan fingerprint density at radius 1 is 1.44 bits per heavy atom. The third kappa shape index (κ3) is 6.75. The van der Waals surface area contributed by atoms with E-state index in [4.69, 9.17) is 11.6 Å². The zero-order valence-corrected chi connectivity index (χ0v) is 17.1. The monoisotopic (exact) mass is 388 g/mol. The number of allylic oxidation sites excluding steroid dienone is 6. The molecule has 0 bridgehead atoms. The molecule has 2 aliphatic rings. The van der Waals surface area contributed by atoms with E-state index < -0.39 is 0 Å². The Bertz CT molecular complexity index is 730. The van der Waals surface area contributed by atoms with Crippen molar-refractivity contribution >= 4 is 23.2 Å². The molecule has 1 heterocycles. The standard InChI is InChI=1S/C21H29ClN4O/c1-5-6-8-19(20-9-7-12-26(4)25-20)24-21(27)16(3)23-18-11-10-17(22)13-15(2)14-18/h7,10-13,19,23H,3,5-6,8-9,14H2,1-2,4H3,(H,24,27). The lowest BCUT2D eigenvalue weighted by Crippen LogP contribution is -2.44. The molecule has 1 unspecified atom stereocenters. The van der Waals surface area contributed by atoms with Gasteiger partial charge in [-0.05, 0) is 31.6 Å². The van der Waals surface area contributed by atoms with Crippen LogP contribution < -0.4 is 10.6 Å². The van der Waals surface area contributed by atoms with E-state index in [9.17, 15) is 4.79 Å². The highest BCUT2D eigenvalue weighted by Gasteiger charge is 2.21. The molecule has 0 radical (unpaired) electrons. The molecule has 1 aliphatic carbocycles. The van der Waals surface area contributed by atoms with Crippen molar-refractivity contribution in [2.75, 3.05) is 7.05 Å². The van der Waals surface area contributed by atoms with Crippen LogP contribution in [0.5, 0.6) is 0 Å². The molecule has 2 N–H and O–H groups in total. The minimum absolute atomic E-state index is 0.0949. The van der Waals surface area contributed by atoms with Gasteiger partial charge in [-0.1, -0.05) is 49.6 Å². The van der Waals surface area contributed by atoms with E-state index in [-0.39, 0.29) is 11.9 Å². The summed E-state index contributed by atoms with van der Waals surface area (Å²) in [5.74, 6) is -0.210. The molecule has 6 heteroatoms. The second-order valence-electron chi connectivity index (χ2n) is 6.94. The molecule has 27 heavy (non-hydrogen) atoms. The summed E-state index contributed by atoms with van der Waals surface area (Å²) in [5.41, 5.74) is 3.30. The molecule has 0 spiro atoms. The highest BCUT2D eigenvalue weighted by Crippen LogP contribution is 2.19. The topological polar surface area (TPSA) is 56.7 Å². The summed E-state index contributed by atoms with van der Waals surface area (Å²) in [6, 6.07) is -0.0949. The van der Waals surface area contributed by atoms with Gasteiger partial charge in [0.05, 0.1) is 17.5 Å². The van der Waals surface area contributed by atoms with E-state index in [0.717, 1.165) is 42.7 Å². The summed E-state index contributed by atoms with van der Waals surface area (Å²) >= 11 is 6.08. The highest BCUT2D eigenvalue weighted by molar-refractivity contribution is 6.31. The van der Waals surface area contributed by atoms with Gasteiger partial charge in [0.2, 0.25) is 0 Å². The number of carbonyl (C=O) groups excluding carboxylic acids is 1. The SMILES string of the molecule is C=C(NC1=CC=C(Cl)C=C(C)C1)C(=O)NC(CCCC)C1=NN(C)C=CC1. The lowest BCUT2D eigenvalue weighted by molar-refractivity contribution is -0.118. The maximum absolute atomic E-state index is 12.7. The van der Waals surface area contributed by atoms with Gasteiger partial charge in [-0.3, -0.25) is 9.80 Å². The summed E-state index contributed by atoms with van der Waals surface area (Å²) in [6.07, 6.45) is 14.0. The van der Waals surface area contributed by atoms with Gasteiger partial charge in [-0.25, -0.2) is 0 Å². The molecule has 146 valence electrons. The molecule has 2 rings (SSSR count). The fourth-order valence-corrected chi connectivity index (χ4v) is 3.25. The Kier molecular flexibility index (Phi) is 7.92. The molecule has 0 saturated carbocycles. The number of halogens is 1. The van der Waals surface area contributed by atoms with Crippen LogP contribution in [0.2, 0.25) is 0 Å². The average molecular weight is 389 g/mol. The zero-order chi connectivity index (χ0) is 19.8. The van der Waals surface area contributed by atoms with E-state index in [1.54, 1.807) is 5.01 Å². The number of nitrogens with zero attached hydrogens (tertiary/aromatic N) is 2. The van der Waals surface area contributed by atoms with Crippen LogP contribution in [0.1, 0.15) is 46.0 Å². The van der Waals surface area contributed by atoms with Crippen LogP contribution in [-0.4, -0.2) is 29.7 Å². The normalized spacial score (nSPS) is 17.9. The third-order valence-electron chi connectivity index (χ3n) is 4.37. The fraction of sp³-hybridized carbons (Fsp3) is 0.429. The zero-order valence-electron chi connectivity index (χ0n) is 16.4. The second-order valence-corrected chi connectivity index (χ2v) is 7.37. The highest BCUT2D eigenvalue weighted by atomic mass is 35.5. The average Bonchev–Trinajstić information content (AvgIpc) is 2.78. The minimum Gasteiger partial charge on any atom is -0.355 e. The number of hydrazone groups is 1. The Balaban J connectivity index is 2.01. The Morgan fingerprint density at radius 2 is 2.22 bits per heavy atom. The van der Waals surface area contributed by atoms with Gasteiger partial charge in [0, 0.05) is 36.8 Å². The van der Waals surface area contributed by atoms with Crippen molar-refractivity contribution in [1.82, 2.24) is 15.6 Å². The van der Waals surface area contributed by atoms with Crippen molar-refractivity contribution in [3.05, 3.63) is 59.1 Å². The molecule has 0 aromatic heterocycles. The largest absolute Gasteiger partial charge is 0.355 e. The van der Waals surface area contributed by atoms with Crippen molar-refractivity contribution in [1.29, 1.82) is 0 Å². The van der Waals surface area contributed by atoms with Gasteiger partial charge >= 0.3 is 0 Å². The van der Waals surface area contributed by atoms with Gasteiger partial charge in [0.1, 0.15) is 0 Å². The van der Waals surface area contributed by atoms with Gasteiger partial charge in [0.25, 0.3) is 5.91 Å². The molecule has 1 aliphatic heterocycles. The number of nitrogens with one attached hydrogen (secondary N) is 2. The van der Waals surface area contributed by atoms with Crippen molar-refractivity contribution in [2.45, 2.75) is 52.0 Å². The van der Waals surface area contributed by atoms with E-state index in [2.05, 4.69) is 35.3 Å². The van der Waals surface area contributed by atoms with Crippen LogP contribution in [0.4, 0.5) is 0 Å². The number of rotatable bonds is 8. The van der Waals surface area contributed by atoms with E-state index >= 15 is 0 Å². The maximum atomic E-state index is 12.7. The molecular formula is C21H29ClN4O. The van der Waals surface area contributed by atoms with E-state index in [0.29, 0.717) is 17.2 Å². The van der Waals surface area contributed by atoms with Crippen LogP contribution in [0.15, 0.2) is 64.2 Å². The molecule has 1 amide bonds. The van der Waals surface area contributed by atoms with Crippen molar-refractivity contribution in [3.63, 3.8) is 0 Å². The smallest absolute Gasteiger partial charge is 0.267 e. The summed E-state index contributed by atoms with van der Waals surface area (Å²) < 4.78 is 0. The van der Waals surface area contributed by atoms with Gasteiger partial charge in [-0.2, -0.15) is 5.10 Å². The number of hydrogen-bond acceptors (Lipinski definition) is 4. The van der Waals surface area contributed by atoms with Gasteiger partial charge < -0.3 is 10.6 Å². The van der Waals surface area contributed by atoms with Crippen molar-refractivity contribution < 1.29 is 4.79 Å². The number of carbonyl (C=O) groups is 1. The lowest BCUT2D eigenvalue weighted by Gasteiger charge is -2.24. The van der Waals surface area contributed by atoms with Gasteiger partial charge in [-0.15, -0.1) is 0 Å². The lowest BCUT2D eigenvalue weighted by atomic mass is 10.0. The maximum Gasteiger partial charge on any atom is 0.267 e. The van der Waals surface area contributed by atoms with Crippen LogP contribution in [-0.2, 0) is 4.79 Å². The summed E-state index contributed by atoms with van der Waals surface area (Å²) in [5, 5.41) is 13.2. The Morgan fingerprint density at radius 3 is 2.93 bits per heavy atom. The predicted octanol–water partition coefficient (Wildman–Crippen LogP) is 4.33. The Labute approximate surface area is 167 Å². The van der Waals surface area contributed by atoms with Gasteiger partial charge in [0.15, 0.2) is 0 Å². The summed E-state index contributed by atoms with van der Waals surface area (Å²) in [6.45, 7) is 8.06. The van der Waals surface area contributed by atoms with Crippen LogP contribution >= 0.6 is 11.6 Å². The molecule has 0 aromatic carbocycles. The van der Waals surface area contributed by atoms with Crippen LogP contribution in [0, 0.1) is 0 Å². The molecule has 1 atom stereocenters. The van der Waals surface area contributed by atoms with E-state index in [1.807, 2.05) is 38.4 Å². The quantitative estimate of drug-likeness (QED) is 0.608. The Hall–Kier alpha value is -2.27. The predicted molar refractivity (Wildman–Crippen MR) is 113 cm³/mol. The summed E-state index contributed by atoms with van der Waals surface area (Å²) in [4.78, 5) is 12.7. The first kappa shape index (κ1) is 21.0. The minimum atomic E-state index is -0.210. The number of unbranched alkanes of at least 4 members (excludes halogenated alkanes) is 1. The molecule has 5 nitrogen and oxygen atoms in total. The second kappa shape index (κ2) is 10.2. The molecular weight excluding hydrogens is 360 g/mol. The number of hydrogen-bond donors (Lipinski definition) is 2. The van der Waals surface area contributed by atoms with Crippen molar-refractivity contribution in [3.8, 4) is 0 Å². The first-order valence-corrected chi connectivity index (χ1v) is 9.74. The first-order chi connectivity index (χ1) is 12.9. The fourth-order valence-electron chi connectivity index (χ4n) is 3.00.